The third kappa shape index (κ3) is 2.54. The predicted octanol–water partition coefficient (Wildman–Crippen LogP) is 3.19. The van der Waals surface area contributed by atoms with E-state index in [9.17, 15) is 0 Å². The van der Waals surface area contributed by atoms with Gasteiger partial charge in [0.25, 0.3) is 0 Å². The molecule has 1 aromatic heterocycles. The van der Waals surface area contributed by atoms with Gasteiger partial charge in [-0.05, 0) is 43.0 Å². The van der Waals surface area contributed by atoms with Crippen LogP contribution < -0.4 is 10.6 Å². The summed E-state index contributed by atoms with van der Waals surface area (Å²) < 4.78 is 0. The molecule has 0 amide bonds. The smallest absolute Gasteiger partial charge is 0.0626 e. The Morgan fingerprint density at radius 2 is 2.10 bits per heavy atom. The van der Waals surface area contributed by atoms with Crippen molar-refractivity contribution in [2.24, 2.45) is 5.73 Å². The highest BCUT2D eigenvalue weighted by molar-refractivity contribution is 5.56. The first-order valence-corrected chi connectivity index (χ1v) is 7.25. The van der Waals surface area contributed by atoms with E-state index in [2.05, 4.69) is 47.1 Å². The van der Waals surface area contributed by atoms with Crippen LogP contribution in [-0.4, -0.2) is 11.5 Å². The normalized spacial score (nSPS) is 18.5. The topological polar surface area (TPSA) is 42.2 Å². The van der Waals surface area contributed by atoms with Gasteiger partial charge in [0.2, 0.25) is 0 Å². The molecule has 3 nitrogen and oxygen atoms in total. The monoisotopic (exact) mass is 267 g/mol. The van der Waals surface area contributed by atoms with Crippen LogP contribution in [0.4, 0.5) is 5.69 Å². The zero-order valence-corrected chi connectivity index (χ0v) is 11.9. The van der Waals surface area contributed by atoms with E-state index in [0.717, 1.165) is 31.6 Å². The van der Waals surface area contributed by atoms with E-state index in [4.69, 9.17) is 5.73 Å². The van der Waals surface area contributed by atoms with E-state index in [-0.39, 0.29) is 6.04 Å². The molecule has 0 radical (unpaired) electrons. The number of nitrogens with zero attached hydrogens (tertiary/aromatic N) is 2. The molecule has 20 heavy (non-hydrogen) atoms. The Hall–Kier alpha value is -1.87. The summed E-state index contributed by atoms with van der Waals surface area (Å²) in [5, 5.41) is 0. The first kappa shape index (κ1) is 13.1. The fourth-order valence-corrected chi connectivity index (χ4v) is 2.90. The van der Waals surface area contributed by atoms with Gasteiger partial charge in [-0.15, -0.1) is 0 Å². The molecular formula is C17H21N3. The lowest BCUT2D eigenvalue weighted by atomic mass is 10.0. The van der Waals surface area contributed by atoms with E-state index in [0.29, 0.717) is 0 Å². The molecule has 1 atom stereocenters. The summed E-state index contributed by atoms with van der Waals surface area (Å²) in [4.78, 5) is 6.94. The molecule has 0 bridgehead atoms. The Labute approximate surface area is 120 Å². The van der Waals surface area contributed by atoms with Crippen LogP contribution >= 0.6 is 0 Å². The van der Waals surface area contributed by atoms with Gasteiger partial charge in [0, 0.05) is 24.5 Å². The largest absolute Gasteiger partial charge is 0.365 e. The van der Waals surface area contributed by atoms with E-state index in [1.165, 1.54) is 16.8 Å². The van der Waals surface area contributed by atoms with Gasteiger partial charge in [-0.1, -0.05) is 24.3 Å². The highest BCUT2D eigenvalue weighted by Crippen LogP contribution is 2.32. The van der Waals surface area contributed by atoms with Crippen LogP contribution in [0.15, 0.2) is 42.6 Å². The van der Waals surface area contributed by atoms with Gasteiger partial charge < -0.3 is 10.6 Å². The Morgan fingerprint density at radius 3 is 2.95 bits per heavy atom. The van der Waals surface area contributed by atoms with Crippen molar-refractivity contribution in [1.82, 2.24) is 4.98 Å². The third-order valence-corrected chi connectivity index (χ3v) is 4.08. The number of para-hydroxylation sites is 1. The van der Waals surface area contributed by atoms with Crippen molar-refractivity contribution < 1.29 is 0 Å². The Bertz CT molecular complexity index is 594. The molecular weight excluding hydrogens is 246 g/mol. The summed E-state index contributed by atoms with van der Waals surface area (Å²) in [6.45, 7) is 4.02. The lowest BCUT2D eigenvalue weighted by Gasteiger charge is -2.25. The molecule has 1 aromatic carbocycles. The van der Waals surface area contributed by atoms with Crippen molar-refractivity contribution in [2.45, 2.75) is 32.4 Å². The second-order valence-electron chi connectivity index (χ2n) is 5.50. The second kappa shape index (κ2) is 5.63. The summed E-state index contributed by atoms with van der Waals surface area (Å²) >= 11 is 0. The lowest BCUT2D eigenvalue weighted by Crippen LogP contribution is -2.24. The zero-order chi connectivity index (χ0) is 13.9. The summed E-state index contributed by atoms with van der Waals surface area (Å²) in [5.74, 6) is 0. The maximum atomic E-state index is 6.29. The Kier molecular flexibility index (Phi) is 3.70. The van der Waals surface area contributed by atoms with Gasteiger partial charge in [0.1, 0.15) is 0 Å². The van der Waals surface area contributed by atoms with Crippen molar-refractivity contribution in [2.75, 3.05) is 11.4 Å². The number of anilines is 1. The van der Waals surface area contributed by atoms with E-state index < -0.39 is 0 Å². The number of aromatic nitrogens is 1. The van der Waals surface area contributed by atoms with Crippen LogP contribution in [0.3, 0.4) is 0 Å². The molecule has 0 fully saturated rings. The fourth-order valence-electron chi connectivity index (χ4n) is 2.90. The van der Waals surface area contributed by atoms with Crippen LogP contribution in [0.5, 0.6) is 0 Å². The lowest BCUT2D eigenvalue weighted by molar-refractivity contribution is 0.625. The van der Waals surface area contributed by atoms with Crippen molar-refractivity contribution in [3.63, 3.8) is 0 Å². The van der Waals surface area contributed by atoms with E-state index in [1.807, 2.05) is 12.3 Å². The summed E-state index contributed by atoms with van der Waals surface area (Å²) in [5.41, 5.74) is 11.2. The number of fused-ring (bicyclic) bond motifs is 1. The molecule has 2 N–H and O–H groups in total. The van der Waals surface area contributed by atoms with Crippen LogP contribution in [0.25, 0.3) is 0 Å². The average Bonchev–Trinajstić information content (AvgIpc) is 2.62. The fraction of sp³-hybridized carbons (Fsp3) is 0.353. The van der Waals surface area contributed by atoms with Crippen LogP contribution in [0.1, 0.15) is 35.7 Å². The Morgan fingerprint density at radius 1 is 1.25 bits per heavy atom. The van der Waals surface area contributed by atoms with Crippen molar-refractivity contribution >= 4 is 5.69 Å². The molecule has 1 aliphatic heterocycles. The van der Waals surface area contributed by atoms with Crippen molar-refractivity contribution in [3.8, 4) is 0 Å². The maximum absolute atomic E-state index is 6.29. The van der Waals surface area contributed by atoms with E-state index in [1.54, 1.807) is 0 Å². The van der Waals surface area contributed by atoms with Gasteiger partial charge >= 0.3 is 0 Å². The highest BCUT2D eigenvalue weighted by atomic mass is 15.1. The minimum atomic E-state index is 0.154. The molecule has 0 saturated heterocycles. The average molecular weight is 267 g/mol. The van der Waals surface area contributed by atoms with Gasteiger partial charge in [-0.2, -0.15) is 0 Å². The quantitative estimate of drug-likeness (QED) is 0.908. The number of pyridine rings is 1. The molecule has 3 heteroatoms. The van der Waals surface area contributed by atoms with E-state index >= 15 is 0 Å². The van der Waals surface area contributed by atoms with Crippen molar-refractivity contribution in [1.29, 1.82) is 0 Å². The van der Waals surface area contributed by atoms with Crippen molar-refractivity contribution in [3.05, 3.63) is 59.4 Å². The molecule has 1 aliphatic rings. The summed E-state index contributed by atoms with van der Waals surface area (Å²) in [7, 11) is 0. The number of aryl methyl sites for hydroxylation is 1. The number of nitrogens with two attached hydrogens (primary N) is 1. The maximum Gasteiger partial charge on any atom is 0.0626 e. The minimum absolute atomic E-state index is 0.154. The van der Waals surface area contributed by atoms with Crippen LogP contribution in [-0.2, 0) is 6.54 Å². The standard InChI is InChI=1S/C17H21N3/c1-13-6-4-10-19-16(13)12-20-11-5-8-15(18)14-7-2-3-9-17(14)20/h2-4,6-7,9-10,15H,5,8,11-12,18H2,1H3. The highest BCUT2D eigenvalue weighted by Gasteiger charge is 2.20. The molecule has 104 valence electrons. The summed E-state index contributed by atoms with van der Waals surface area (Å²) in [6, 6.07) is 12.8. The first-order valence-electron chi connectivity index (χ1n) is 7.25. The molecule has 0 saturated carbocycles. The van der Waals surface area contributed by atoms with Gasteiger partial charge in [-0.3, -0.25) is 4.98 Å². The number of hydrogen-bond acceptors (Lipinski definition) is 3. The zero-order valence-electron chi connectivity index (χ0n) is 11.9. The molecule has 0 aliphatic carbocycles. The molecule has 1 unspecified atom stereocenters. The predicted molar refractivity (Wildman–Crippen MR) is 82.6 cm³/mol. The third-order valence-electron chi connectivity index (χ3n) is 4.08. The second-order valence-corrected chi connectivity index (χ2v) is 5.50. The molecule has 0 spiro atoms. The molecule has 3 rings (SSSR count). The molecule has 2 aromatic rings. The molecule has 2 heterocycles. The van der Waals surface area contributed by atoms with Gasteiger partial charge in [0.15, 0.2) is 0 Å². The number of benzene rings is 1. The number of hydrogen-bond donors (Lipinski definition) is 1. The minimum Gasteiger partial charge on any atom is -0.365 e. The van der Waals surface area contributed by atoms with Crippen LogP contribution in [0, 0.1) is 6.92 Å². The summed E-state index contributed by atoms with van der Waals surface area (Å²) in [6.07, 6.45) is 4.05. The Balaban J connectivity index is 1.94. The SMILES string of the molecule is Cc1cccnc1CN1CCCC(N)c2ccccc21. The first-order chi connectivity index (χ1) is 9.75. The van der Waals surface area contributed by atoms with Crippen LogP contribution in [0.2, 0.25) is 0 Å². The van der Waals surface area contributed by atoms with Gasteiger partial charge in [0.05, 0.1) is 12.2 Å². The number of rotatable bonds is 2. The van der Waals surface area contributed by atoms with Gasteiger partial charge in [-0.25, -0.2) is 0 Å².